The van der Waals surface area contributed by atoms with Crippen LogP contribution in [0.2, 0.25) is 0 Å². The number of carbonyl (C=O) groups excluding carboxylic acids is 3. The zero-order chi connectivity index (χ0) is 40.5. The van der Waals surface area contributed by atoms with Gasteiger partial charge in [-0.25, -0.2) is 8.78 Å². The highest BCUT2D eigenvalue weighted by Gasteiger charge is 2.60. The number of carbonyl (C=O) groups is 5. The summed E-state index contributed by atoms with van der Waals surface area (Å²) in [7, 11) is 0. The Morgan fingerprint density at radius 1 is 0.796 bits per heavy atom. The minimum absolute atomic E-state index is 0.0113. The number of allylic oxidation sites excluding steroid dienone is 4. The highest BCUT2D eigenvalue weighted by Crippen LogP contribution is 2.49. The summed E-state index contributed by atoms with van der Waals surface area (Å²) in [5, 5.41) is 37.7. The van der Waals surface area contributed by atoms with Crippen molar-refractivity contribution in [3.63, 3.8) is 0 Å². The van der Waals surface area contributed by atoms with Gasteiger partial charge in [0.1, 0.15) is 11.6 Å². The maximum Gasteiger partial charge on any atom is 0.305 e. The summed E-state index contributed by atoms with van der Waals surface area (Å²) >= 11 is 0. The van der Waals surface area contributed by atoms with E-state index in [4.69, 9.17) is 14.9 Å². The van der Waals surface area contributed by atoms with Gasteiger partial charge in [0.15, 0.2) is 0 Å². The van der Waals surface area contributed by atoms with Crippen molar-refractivity contribution in [2.24, 2.45) is 23.7 Å². The third-order valence-electron chi connectivity index (χ3n) is 10.8. The van der Waals surface area contributed by atoms with Crippen LogP contribution in [0.1, 0.15) is 142 Å². The molecule has 308 valence electrons. The van der Waals surface area contributed by atoms with Crippen LogP contribution in [-0.4, -0.2) is 79.6 Å². The second kappa shape index (κ2) is 22.6. The molecular weight excluding hydrogens is 716 g/mol. The first-order valence-electron chi connectivity index (χ1n) is 19.5. The van der Waals surface area contributed by atoms with Gasteiger partial charge in [-0.1, -0.05) is 51.0 Å². The van der Waals surface area contributed by atoms with Crippen molar-refractivity contribution in [2.75, 3.05) is 0 Å². The SMILES string of the molecule is CCCCC(F)(F)C(=O)CC[C@@H]1C(C/C=C\CCCC(=O)O)C(=O)C[C@H]1O.CCCCC(F)(F)C1(O)CC[C@@H]2C(C/C=C\CCCC(=O)O)C(=O)C[C@H]2O1. The number of unbranched alkanes of at least 4 members (excludes halogenated alkanes) is 4. The van der Waals surface area contributed by atoms with Crippen LogP contribution in [0, 0.1) is 23.7 Å². The first-order chi connectivity index (χ1) is 25.4. The van der Waals surface area contributed by atoms with E-state index < -0.39 is 72.2 Å². The molecule has 0 radical (unpaired) electrons. The van der Waals surface area contributed by atoms with Gasteiger partial charge < -0.3 is 25.2 Å². The lowest BCUT2D eigenvalue weighted by atomic mass is 9.82. The molecule has 3 fully saturated rings. The van der Waals surface area contributed by atoms with E-state index in [9.17, 15) is 51.7 Å². The predicted octanol–water partition coefficient (Wildman–Crippen LogP) is 8.01. The molecule has 0 aromatic heterocycles. The molecule has 0 spiro atoms. The van der Waals surface area contributed by atoms with Crippen LogP contribution < -0.4 is 0 Å². The number of alkyl halides is 4. The van der Waals surface area contributed by atoms with Crippen LogP contribution in [0.3, 0.4) is 0 Å². The molecule has 54 heavy (non-hydrogen) atoms. The largest absolute Gasteiger partial charge is 0.481 e. The predicted molar refractivity (Wildman–Crippen MR) is 192 cm³/mol. The number of hydrogen-bond donors (Lipinski definition) is 4. The number of fused-ring (bicyclic) bond motifs is 1. The lowest BCUT2D eigenvalue weighted by Gasteiger charge is -2.43. The number of halogens is 4. The van der Waals surface area contributed by atoms with Gasteiger partial charge in [-0.05, 0) is 76.0 Å². The summed E-state index contributed by atoms with van der Waals surface area (Å²) in [6, 6.07) is 0. The van der Waals surface area contributed by atoms with Crippen LogP contribution >= 0.6 is 0 Å². The zero-order valence-electron chi connectivity index (χ0n) is 31.7. The van der Waals surface area contributed by atoms with E-state index >= 15 is 0 Å². The second-order valence-corrected chi connectivity index (χ2v) is 15.0. The summed E-state index contributed by atoms with van der Waals surface area (Å²) in [6.45, 7) is 3.59. The number of carboxylic acids is 2. The third-order valence-corrected chi connectivity index (χ3v) is 10.8. The second-order valence-electron chi connectivity index (χ2n) is 15.0. The van der Waals surface area contributed by atoms with Crippen LogP contribution in [-0.2, 0) is 28.7 Å². The number of Topliss-reactive ketones (excluding diaryl/α,β-unsaturated/α-hetero) is 3. The highest BCUT2D eigenvalue weighted by atomic mass is 19.3. The topological polar surface area (TPSA) is 175 Å². The molecule has 3 rings (SSSR count). The monoisotopic (exact) mass is 776 g/mol. The van der Waals surface area contributed by atoms with Crippen molar-refractivity contribution in [1.29, 1.82) is 0 Å². The smallest absolute Gasteiger partial charge is 0.305 e. The molecule has 14 heteroatoms. The van der Waals surface area contributed by atoms with Gasteiger partial charge in [-0.15, -0.1) is 0 Å². The Morgan fingerprint density at radius 2 is 1.33 bits per heavy atom. The van der Waals surface area contributed by atoms with Crippen LogP contribution in [0.15, 0.2) is 24.3 Å². The Morgan fingerprint density at radius 3 is 1.89 bits per heavy atom. The Balaban J connectivity index is 0.000000373. The Labute approximate surface area is 315 Å². The average Bonchev–Trinajstić information content (AvgIpc) is 3.55. The van der Waals surface area contributed by atoms with Gasteiger partial charge >= 0.3 is 23.8 Å². The fraction of sp³-hybridized carbons (Fsp3) is 0.775. The molecule has 3 unspecified atom stereocenters. The van der Waals surface area contributed by atoms with Gasteiger partial charge in [0.2, 0.25) is 11.6 Å². The molecule has 0 aromatic rings. The van der Waals surface area contributed by atoms with Crippen molar-refractivity contribution in [3.8, 4) is 0 Å². The molecule has 3 aliphatic rings. The van der Waals surface area contributed by atoms with Crippen molar-refractivity contribution >= 4 is 29.3 Å². The van der Waals surface area contributed by atoms with E-state index in [-0.39, 0.29) is 74.8 Å². The van der Waals surface area contributed by atoms with Gasteiger partial charge in [0, 0.05) is 63.2 Å². The number of rotatable bonds is 23. The van der Waals surface area contributed by atoms with Crippen LogP contribution in [0.25, 0.3) is 0 Å². The molecule has 2 aliphatic carbocycles. The number of carboxylic acid groups (broad SMARTS) is 2. The number of ketones is 3. The minimum atomic E-state index is -3.34. The molecule has 4 N–H and O–H groups in total. The minimum Gasteiger partial charge on any atom is -0.481 e. The fourth-order valence-electron chi connectivity index (χ4n) is 7.55. The maximum absolute atomic E-state index is 14.4. The summed E-state index contributed by atoms with van der Waals surface area (Å²) in [5.74, 6) is -13.5. The molecule has 0 aromatic carbocycles. The van der Waals surface area contributed by atoms with Crippen LogP contribution in [0.4, 0.5) is 17.6 Å². The first-order valence-corrected chi connectivity index (χ1v) is 19.5. The molecule has 0 bridgehead atoms. The van der Waals surface area contributed by atoms with Crippen molar-refractivity contribution in [3.05, 3.63) is 24.3 Å². The normalized spacial score (nSPS) is 27.3. The molecule has 7 atom stereocenters. The van der Waals surface area contributed by atoms with Gasteiger partial charge in [-0.3, -0.25) is 24.0 Å². The number of hydrogen-bond acceptors (Lipinski definition) is 8. The lowest BCUT2D eigenvalue weighted by molar-refractivity contribution is -0.356. The van der Waals surface area contributed by atoms with E-state index in [1.807, 2.05) is 19.1 Å². The molecule has 2 saturated carbocycles. The van der Waals surface area contributed by atoms with E-state index in [1.165, 1.54) is 0 Å². The van der Waals surface area contributed by atoms with Gasteiger partial charge in [-0.2, -0.15) is 8.78 Å². The Kier molecular flexibility index (Phi) is 19.7. The zero-order valence-corrected chi connectivity index (χ0v) is 31.7. The first kappa shape index (κ1) is 47.2. The Bertz CT molecular complexity index is 1300. The van der Waals surface area contributed by atoms with Gasteiger partial charge in [0.25, 0.3) is 0 Å². The lowest BCUT2D eigenvalue weighted by Crippen LogP contribution is -2.55. The van der Waals surface area contributed by atoms with Crippen LogP contribution in [0.5, 0.6) is 0 Å². The van der Waals surface area contributed by atoms with Crippen molar-refractivity contribution < 1.29 is 66.7 Å². The highest BCUT2D eigenvalue weighted by molar-refractivity contribution is 5.87. The summed E-state index contributed by atoms with van der Waals surface area (Å²) < 4.78 is 61.8. The van der Waals surface area contributed by atoms with E-state index in [0.717, 1.165) is 0 Å². The summed E-state index contributed by atoms with van der Waals surface area (Å²) in [6.07, 6.45) is 9.86. The summed E-state index contributed by atoms with van der Waals surface area (Å²) in [4.78, 5) is 57.1. The Hall–Kier alpha value is -2.97. The number of aliphatic carboxylic acids is 2. The fourth-order valence-corrected chi connectivity index (χ4v) is 7.55. The maximum atomic E-state index is 14.4. The molecular formula is C40H60F4O10. The quantitative estimate of drug-likeness (QED) is 0.0452. The van der Waals surface area contributed by atoms with Crippen molar-refractivity contribution in [2.45, 2.75) is 172 Å². The molecule has 1 aliphatic heterocycles. The van der Waals surface area contributed by atoms with Gasteiger partial charge in [0.05, 0.1) is 12.2 Å². The summed E-state index contributed by atoms with van der Waals surface area (Å²) in [5.41, 5.74) is 0. The number of aliphatic hydroxyl groups excluding tert-OH is 1. The molecule has 1 saturated heterocycles. The standard InChI is InChI=1S/2C20H30F2O5/c1-2-3-11-19(21,22)20(26)12-10-15-14(16(23)13-17(15)27-20)8-6-4-5-7-9-18(24)25;1-2-3-12-20(21,22)18(25)11-10-15-14(16(23)13-17(15)24)8-6-4-5-7-9-19(26)27/h4,6,14-15,17,26H,2-3,5,7-13H2,1H3,(H,24,25);4,6,14-15,17,24H,2-3,5,7-13H2,1H3,(H,26,27)/b2*6-4-/t14?,15-,17-,20?;14?,15-,17-/m11/s1. The number of ether oxygens (including phenoxy) is 1. The molecule has 10 nitrogen and oxygen atoms in total. The number of aliphatic hydroxyl groups is 2. The van der Waals surface area contributed by atoms with E-state index in [0.29, 0.717) is 64.2 Å². The van der Waals surface area contributed by atoms with Crippen molar-refractivity contribution in [1.82, 2.24) is 0 Å². The third kappa shape index (κ3) is 14.6. The molecule has 0 amide bonds. The molecule has 1 heterocycles. The van der Waals surface area contributed by atoms with E-state index in [2.05, 4.69) is 0 Å². The van der Waals surface area contributed by atoms with E-state index in [1.54, 1.807) is 19.1 Å². The average molecular weight is 777 g/mol.